The molecule has 0 radical (unpaired) electrons. The zero-order chi connectivity index (χ0) is 25.4. The van der Waals surface area contributed by atoms with E-state index in [0.717, 1.165) is 24.1 Å². The van der Waals surface area contributed by atoms with E-state index in [4.69, 9.17) is 4.74 Å². The van der Waals surface area contributed by atoms with Crippen LogP contribution >= 0.6 is 0 Å². The lowest BCUT2D eigenvalue weighted by Gasteiger charge is -2.28. The van der Waals surface area contributed by atoms with Crippen LogP contribution in [0.3, 0.4) is 0 Å². The standard InChI is InChI=1S/C26H25F3N4O3/c1-36-18-4-2-3-15(9-18)13-33-23-7-8-32(14-20(23)25(31-33)26(35)30-17-5-6-17)24(34)12-19-21(28)10-16(27)11-22(19)29/h2-4,9-11,17H,5-8,12-14H2,1H3,(H,30,35). The molecule has 0 spiro atoms. The largest absolute Gasteiger partial charge is 0.497 e. The number of fused-ring (bicyclic) bond motifs is 1. The number of amides is 2. The van der Waals surface area contributed by atoms with Crippen LogP contribution < -0.4 is 10.1 Å². The number of carbonyl (C=O) groups is 2. The number of carbonyl (C=O) groups excluding carboxylic acids is 2. The average molecular weight is 499 g/mol. The molecule has 3 aromatic rings. The maximum Gasteiger partial charge on any atom is 0.272 e. The third kappa shape index (κ3) is 4.93. The lowest BCUT2D eigenvalue weighted by molar-refractivity contribution is -0.131. The van der Waals surface area contributed by atoms with Crippen molar-refractivity contribution < 1.29 is 27.5 Å². The average Bonchev–Trinajstić information content (AvgIpc) is 3.60. The number of hydrogen-bond acceptors (Lipinski definition) is 4. The third-order valence-corrected chi connectivity index (χ3v) is 6.51. The van der Waals surface area contributed by atoms with Crippen molar-refractivity contribution in [2.45, 2.75) is 44.8 Å². The van der Waals surface area contributed by atoms with Crippen LogP contribution in [0.2, 0.25) is 0 Å². The Bertz CT molecular complexity index is 1310. The Morgan fingerprint density at radius 1 is 1.14 bits per heavy atom. The molecule has 0 unspecified atom stereocenters. The van der Waals surface area contributed by atoms with Gasteiger partial charge in [-0.05, 0) is 30.5 Å². The van der Waals surface area contributed by atoms with Crippen LogP contribution in [0, 0.1) is 17.5 Å². The molecule has 1 saturated carbocycles. The summed E-state index contributed by atoms with van der Waals surface area (Å²) in [4.78, 5) is 27.4. The summed E-state index contributed by atoms with van der Waals surface area (Å²) >= 11 is 0. The van der Waals surface area contributed by atoms with E-state index in [1.807, 2.05) is 24.3 Å². The van der Waals surface area contributed by atoms with Gasteiger partial charge >= 0.3 is 0 Å². The monoisotopic (exact) mass is 498 g/mol. The highest BCUT2D eigenvalue weighted by molar-refractivity contribution is 5.94. The molecular weight excluding hydrogens is 473 g/mol. The van der Waals surface area contributed by atoms with Crippen molar-refractivity contribution in [2.24, 2.45) is 0 Å². The first-order chi connectivity index (χ1) is 17.3. The fraction of sp³-hybridized carbons (Fsp3) is 0.346. The number of aromatic nitrogens is 2. The highest BCUT2D eigenvalue weighted by Gasteiger charge is 2.33. The predicted octanol–water partition coefficient (Wildman–Crippen LogP) is 3.38. The molecule has 5 rings (SSSR count). The number of benzene rings is 2. The maximum absolute atomic E-state index is 14.1. The Morgan fingerprint density at radius 2 is 1.89 bits per heavy atom. The molecule has 1 N–H and O–H groups in total. The SMILES string of the molecule is COc1cccc(Cn2nc(C(=O)NC3CC3)c3c2CCN(C(=O)Cc2c(F)cc(F)cc2F)C3)c1. The molecule has 7 nitrogen and oxygen atoms in total. The van der Waals surface area contributed by atoms with Crippen molar-refractivity contribution in [1.29, 1.82) is 0 Å². The summed E-state index contributed by atoms with van der Waals surface area (Å²) in [5, 5.41) is 7.55. The number of nitrogens with one attached hydrogen (secondary N) is 1. The predicted molar refractivity (Wildman–Crippen MR) is 124 cm³/mol. The van der Waals surface area contributed by atoms with Crippen molar-refractivity contribution in [1.82, 2.24) is 20.0 Å². The van der Waals surface area contributed by atoms with Gasteiger partial charge in [0.25, 0.3) is 5.91 Å². The number of halogens is 3. The zero-order valence-electron chi connectivity index (χ0n) is 19.7. The molecule has 1 aliphatic heterocycles. The Kier molecular flexibility index (Phi) is 6.42. The maximum atomic E-state index is 14.1. The molecule has 36 heavy (non-hydrogen) atoms. The summed E-state index contributed by atoms with van der Waals surface area (Å²) in [7, 11) is 1.59. The summed E-state index contributed by atoms with van der Waals surface area (Å²) in [5.41, 5.74) is 2.16. The molecule has 1 fully saturated rings. The van der Waals surface area contributed by atoms with E-state index in [0.29, 0.717) is 43.0 Å². The van der Waals surface area contributed by atoms with E-state index in [9.17, 15) is 22.8 Å². The molecule has 0 atom stereocenters. The van der Waals surface area contributed by atoms with E-state index in [-0.39, 0.29) is 24.2 Å². The van der Waals surface area contributed by atoms with E-state index in [1.165, 1.54) is 4.90 Å². The highest BCUT2D eigenvalue weighted by atomic mass is 19.1. The molecule has 188 valence electrons. The van der Waals surface area contributed by atoms with Gasteiger partial charge in [0.2, 0.25) is 5.91 Å². The molecular formula is C26H25F3N4O3. The van der Waals surface area contributed by atoms with Crippen LogP contribution in [-0.4, -0.2) is 46.2 Å². The molecule has 0 bridgehead atoms. The Hall–Kier alpha value is -3.82. The zero-order valence-corrected chi connectivity index (χ0v) is 19.7. The fourth-order valence-electron chi connectivity index (χ4n) is 4.45. The van der Waals surface area contributed by atoms with E-state index >= 15 is 0 Å². The van der Waals surface area contributed by atoms with Gasteiger partial charge in [-0.3, -0.25) is 14.3 Å². The Labute approximate surface area is 205 Å². The van der Waals surface area contributed by atoms with E-state index in [2.05, 4.69) is 10.4 Å². The van der Waals surface area contributed by atoms with Crippen LogP contribution in [0.1, 0.15) is 45.7 Å². The van der Waals surface area contributed by atoms with E-state index < -0.39 is 35.3 Å². The highest BCUT2D eigenvalue weighted by Crippen LogP contribution is 2.27. The quantitative estimate of drug-likeness (QED) is 0.542. The van der Waals surface area contributed by atoms with Gasteiger partial charge in [0.1, 0.15) is 23.2 Å². The fourth-order valence-corrected chi connectivity index (χ4v) is 4.45. The minimum absolute atomic E-state index is 0.0874. The van der Waals surface area contributed by atoms with Crippen molar-refractivity contribution in [3.05, 3.63) is 81.9 Å². The first kappa shape index (κ1) is 23.9. The number of rotatable bonds is 7. The van der Waals surface area contributed by atoms with Gasteiger partial charge in [0.15, 0.2) is 5.69 Å². The van der Waals surface area contributed by atoms with Gasteiger partial charge in [-0.2, -0.15) is 5.10 Å². The summed E-state index contributed by atoms with van der Waals surface area (Å²) in [6.07, 6.45) is 1.70. The minimum atomic E-state index is -1.10. The number of nitrogens with zero attached hydrogens (tertiary/aromatic N) is 3. The topological polar surface area (TPSA) is 76.5 Å². The van der Waals surface area contributed by atoms with Gasteiger partial charge in [0.05, 0.1) is 20.1 Å². The van der Waals surface area contributed by atoms with Gasteiger partial charge in [-0.25, -0.2) is 13.2 Å². The molecule has 2 aliphatic rings. The van der Waals surface area contributed by atoms with Gasteiger partial charge in [-0.1, -0.05) is 12.1 Å². The van der Waals surface area contributed by atoms with Crippen LogP contribution in [0.5, 0.6) is 5.75 Å². The van der Waals surface area contributed by atoms with Crippen LogP contribution in [0.4, 0.5) is 13.2 Å². The summed E-state index contributed by atoms with van der Waals surface area (Å²) in [5.74, 6) is -3.36. The van der Waals surface area contributed by atoms with Gasteiger partial charge in [-0.15, -0.1) is 0 Å². The molecule has 2 amide bonds. The van der Waals surface area contributed by atoms with Gasteiger partial charge in [0, 0.05) is 54.5 Å². The number of ether oxygens (including phenoxy) is 1. The first-order valence-electron chi connectivity index (χ1n) is 11.8. The van der Waals surface area contributed by atoms with E-state index in [1.54, 1.807) is 11.8 Å². The summed E-state index contributed by atoms with van der Waals surface area (Å²) < 4.78 is 48.5. The van der Waals surface area contributed by atoms with Crippen molar-refractivity contribution in [2.75, 3.05) is 13.7 Å². The normalized spacial score (nSPS) is 14.9. The second-order valence-electron chi connectivity index (χ2n) is 9.12. The van der Waals surface area contributed by atoms with Crippen LogP contribution in [0.15, 0.2) is 36.4 Å². The van der Waals surface area contributed by atoms with Crippen molar-refractivity contribution in [3.8, 4) is 5.75 Å². The van der Waals surface area contributed by atoms with Crippen molar-refractivity contribution >= 4 is 11.8 Å². The molecule has 10 heteroatoms. The molecule has 2 heterocycles. The number of methoxy groups -OCH3 is 1. The minimum Gasteiger partial charge on any atom is -0.497 e. The second-order valence-corrected chi connectivity index (χ2v) is 9.12. The first-order valence-corrected chi connectivity index (χ1v) is 11.8. The van der Waals surface area contributed by atoms with Crippen LogP contribution in [0.25, 0.3) is 0 Å². The molecule has 1 aliphatic carbocycles. The lowest BCUT2D eigenvalue weighted by atomic mass is 10.0. The lowest BCUT2D eigenvalue weighted by Crippen LogP contribution is -2.38. The van der Waals surface area contributed by atoms with Gasteiger partial charge < -0.3 is 15.0 Å². The third-order valence-electron chi connectivity index (χ3n) is 6.51. The Balaban J connectivity index is 1.41. The summed E-state index contributed by atoms with van der Waals surface area (Å²) in [6.45, 7) is 0.796. The second kappa shape index (κ2) is 9.67. The Morgan fingerprint density at radius 3 is 2.58 bits per heavy atom. The molecule has 2 aromatic carbocycles. The summed E-state index contributed by atoms with van der Waals surface area (Å²) in [6, 6.07) is 8.79. The van der Waals surface area contributed by atoms with Crippen molar-refractivity contribution in [3.63, 3.8) is 0 Å². The molecule has 0 saturated heterocycles. The molecule has 1 aromatic heterocycles. The number of hydrogen-bond donors (Lipinski definition) is 1. The van der Waals surface area contributed by atoms with Crippen LogP contribution in [-0.2, 0) is 30.7 Å². The smallest absolute Gasteiger partial charge is 0.272 e.